The van der Waals surface area contributed by atoms with Crippen LogP contribution >= 0.6 is 0 Å². The lowest BCUT2D eigenvalue weighted by Crippen LogP contribution is -2.58. The molecule has 1 aromatic carbocycles. The number of nitrogens with zero attached hydrogens (tertiary/aromatic N) is 3. The molecule has 1 aromatic rings. The Morgan fingerprint density at radius 1 is 1.21 bits per heavy atom. The van der Waals surface area contributed by atoms with Gasteiger partial charge in [0, 0.05) is 5.69 Å². The summed E-state index contributed by atoms with van der Waals surface area (Å²) in [6, 6.07) is 4.38. The van der Waals surface area contributed by atoms with Crippen LogP contribution in [-0.2, 0) is 10.1 Å². The Kier molecular flexibility index (Phi) is 4.00. The molecule has 5 N–H and O–H groups in total. The molecule has 1 spiro atoms. The van der Waals surface area contributed by atoms with Gasteiger partial charge >= 0.3 is 0 Å². The third kappa shape index (κ3) is 2.84. The first kappa shape index (κ1) is 16.7. The fraction of sp³-hybridized carbons (Fsp3) is 0.467. The molecule has 0 amide bonds. The Balaban J connectivity index is 2.11. The SMILES string of the molecule is Cc1cc(S(=O)(=O)O)ccc1N1C(N)=NC(N)=NC12CCCCC2. The quantitative estimate of drug-likeness (QED) is 0.688. The fourth-order valence-corrected chi connectivity index (χ4v) is 4.07. The average molecular weight is 351 g/mol. The Morgan fingerprint density at radius 2 is 1.88 bits per heavy atom. The first-order valence-electron chi connectivity index (χ1n) is 7.81. The number of benzene rings is 1. The van der Waals surface area contributed by atoms with Crippen LogP contribution in [0.4, 0.5) is 5.69 Å². The number of aryl methyl sites for hydroxylation is 1. The number of hydrogen-bond donors (Lipinski definition) is 3. The normalized spacial score (nSPS) is 20.7. The van der Waals surface area contributed by atoms with Gasteiger partial charge in [-0.2, -0.15) is 13.4 Å². The standard InChI is InChI=1S/C15H21N5O3S/c1-10-9-11(24(21,22)23)5-6-12(10)20-14(17)18-13(16)19-15(20)7-3-2-4-8-15/h5-6,9H,2-4,7-8H2,1H3,(H,21,22,23)(H4,16,17,18,19). The van der Waals surface area contributed by atoms with Crippen molar-refractivity contribution in [3.05, 3.63) is 23.8 Å². The van der Waals surface area contributed by atoms with E-state index in [-0.39, 0.29) is 16.8 Å². The van der Waals surface area contributed by atoms with E-state index in [0.717, 1.165) is 32.1 Å². The highest BCUT2D eigenvalue weighted by Gasteiger charge is 2.43. The van der Waals surface area contributed by atoms with Crippen molar-refractivity contribution in [2.75, 3.05) is 4.90 Å². The molecule has 0 bridgehead atoms. The molecular weight excluding hydrogens is 330 g/mol. The zero-order chi connectivity index (χ0) is 17.5. The summed E-state index contributed by atoms with van der Waals surface area (Å²) in [6.45, 7) is 1.76. The van der Waals surface area contributed by atoms with Crippen molar-refractivity contribution in [2.45, 2.75) is 49.6 Å². The second-order valence-corrected chi connectivity index (χ2v) is 7.66. The highest BCUT2D eigenvalue weighted by Crippen LogP contribution is 2.40. The van der Waals surface area contributed by atoms with E-state index in [9.17, 15) is 13.0 Å². The van der Waals surface area contributed by atoms with Gasteiger partial charge in [0.1, 0.15) is 5.66 Å². The minimum atomic E-state index is -4.26. The summed E-state index contributed by atoms with van der Waals surface area (Å²) in [5.41, 5.74) is 12.8. The number of hydrogen-bond acceptors (Lipinski definition) is 7. The molecule has 1 aliphatic carbocycles. The van der Waals surface area contributed by atoms with Crippen molar-refractivity contribution in [1.82, 2.24) is 0 Å². The van der Waals surface area contributed by atoms with Crippen molar-refractivity contribution in [3.63, 3.8) is 0 Å². The fourth-order valence-electron chi connectivity index (χ4n) is 3.51. The molecule has 1 saturated carbocycles. The minimum absolute atomic E-state index is 0.156. The second kappa shape index (κ2) is 5.75. The van der Waals surface area contributed by atoms with Gasteiger partial charge in [-0.25, -0.2) is 4.99 Å². The van der Waals surface area contributed by atoms with Crippen molar-refractivity contribution in [1.29, 1.82) is 0 Å². The van der Waals surface area contributed by atoms with Gasteiger partial charge in [-0.15, -0.1) is 0 Å². The number of rotatable bonds is 2. The van der Waals surface area contributed by atoms with Crippen LogP contribution in [0.5, 0.6) is 0 Å². The van der Waals surface area contributed by atoms with E-state index in [4.69, 9.17) is 11.5 Å². The lowest BCUT2D eigenvalue weighted by Gasteiger charge is -2.46. The van der Waals surface area contributed by atoms with E-state index >= 15 is 0 Å². The highest BCUT2D eigenvalue weighted by atomic mass is 32.2. The summed E-state index contributed by atoms with van der Waals surface area (Å²) in [4.78, 5) is 10.3. The molecule has 0 saturated heterocycles. The predicted molar refractivity (Wildman–Crippen MR) is 92.5 cm³/mol. The van der Waals surface area contributed by atoms with Crippen LogP contribution in [0.3, 0.4) is 0 Å². The van der Waals surface area contributed by atoms with Gasteiger partial charge in [0.25, 0.3) is 10.1 Å². The topological polar surface area (TPSA) is 134 Å². The first-order chi connectivity index (χ1) is 11.2. The van der Waals surface area contributed by atoms with Crippen molar-refractivity contribution in [3.8, 4) is 0 Å². The molecule has 0 atom stereocenters. The molecule has 1 aliphatic heterocycles. The lowest BCUT2D eigenvalue weighted by molar-refractivity contribution is 0.305. The third-order valence-electron chi connectivity index (χ3n) is 4.56. The predicted octanol–water partition coefficient (Wildman–Crippen LogP) is 1.35. The van der Waals surface area contributed by atoms with E-state index in [1.807, 2.05) is 4.90 Å². The maximum absolute atomic E-state index is 11.3. The molecule has 24 heavy (non-hydrogen) atoms. The van der Waals surface area contributed by atoms with Gasteiger partial charge in [0.05, 0.1) is 4.90 Å². The Hall–Kier alpha value is -2.13. The van der Waals surface area contributed by atoms with E-state index in [0.29, 0.717) is 11.3 Å². The molecule has 0 unspecified atom stereocenters. The lowest BCUT2D eigenvalue weighted by atomic mass is 9.87. The molecule has 0 radical (unpaired) electrons. The van der Waals surface area contributed by atoms with Gasteiger partial charge in [-0.3, -0.25) is 9.45 Å². The number of nitrogens with two attached hydrogens (primary N) is 2. The monoisotopic (exact) mass is 351 g/mol. The average Bonchev–Trinajstić information content (AvgIpc) is 2.47. The van der Waals surface area contributed by atoms with Crippen LogP contribution in [0.25, 0.3) is 0 Å². The smallest absolute Gasteiger partial charge is 0.294 e. The van der Waals surface area contributed by atoms with E-state index < -0.39 is 15.8 Å². The summed E-state index contributed by atoms with van der Waals surface area (Å²) in [5.74, 6) is 0.407. The minimum Gasteiger partial charge on any atom is -0.369 e. The largest absolute Gasteiger partial charge is 0.369 e. The first-order valence-corrected chi connectivity index (χ1v) is 9.25. The molecule has 130 valence electrons. The van der Waals surface area contributed by atoms with E-state index in [1.54, 1.807) is 13.0 Å². The van der Waals surface area contributed by atoms with Crippen LogP contribution in [0.1, 0.15) is 37.7 Å². The maximum Gasteiger partial charge on any atom is 0.294 e. The Labute approximate surface area is 141 Å². The van der Waals surface area contributed by atoms with Crippen LogP contribution in [0.15, 0.2) is 33.1 Å². The van der Waals surface area contributed by atoms with Crippen molar-refractivity contribution >= 4 is 27.7 Å². The summed E-state index contributed by atoms with van der Waals surface area (Å²) in [5, 5.41) is 0. The zero-order valence-corrected chi connectivity index (χ0v) is 14.3. The Morgan fingerprint density at radius 3 is 2.46 bits per heavy atom. The molecule has 3 rings (SSSR count). The van der Waals surface area contributed by atoms with Crippen LogP contribution in [0.2, 0.25) is 0 Å². The van der Waals surface area contributed by atoms with Crippen molar-refractivity contribution in [2.24, 2.45) is 21.5 Å². The van der Waals surface area contributed by atoms with Gasteiger partial charge in [-0.05, 0) is 56.4 Å². The van der Waals surface area contributed by atoms with Gasteiger partial charge in [0.15, 0.2) is 0 Å². The summed E-state index contributed by atoms with van der Waals surface area (Å²) < 4.78 is 31.9. The summed E-state index contributed by atoms with van der Waals surface area (Å²) in [6.07, 6.45) is 4.72. The summed E-state index contributed by atoms with van der Waals surface area (Å²) >= 11 is 0. The number of aliphatic imine (C=N–C) groups is 2. The second-order valence-electron chi connectivity index (χ2n) is 6.24. The maximum atomic E-state index is 11.3. The third-order valence-corrected chi connectivity index (χ3v) is 5.41. The van der Waals surface area contributed by atoms with Crippen LogP contribution in [-0.4, -0.2) is 30.6 Å². The molecule has 0 aromatic heterocycles. The number of anilines is 1. The summed E-state index contributed by atoms with van der Waals surface area (Å²) in [7, 11) is -4.26. The van der Waals surface area contributed by atoms with Crippen molar-refractivity contribution < 1.29 is 13.0 Å². The molecule has 9 heteroatoms. The van der Waals surface area contributed by atoms with Gasteiger partial charge < -0.3 is 11.5 Å². The number of guanidine groups is 2. The molecule has 1 fully saturated rings. The Bertz CT molecular complexity index is 826. The van der Waals surface area contributed by atoms with Gasteiger partial charge in [0.2, 0.25) is 11.9 Å². The molecule has 2 aliphatic rings. The molecule has 1 heterocycles. The van der Waals surface area contributed by atoms with Gasteiger partial charge in [-0.1, -0.05) is 6.42 Å². The van der Waals surface area contributed by atoms with Crippen LogP contribution < -0.4 is 16.4 Å². The zero-order valence-electron chi connectivity index (χ0n) is 13.4. The highest BCUT2D eigenvalue weighted by molar-refractivity contribution is 7.85. The van der Waals surface area contributed by atoms with Crippen LogP contribution in [0, 0.1) is 6.92 Å². The van der Waals surface area contributed by atoms with E-state index in [2.05, 4.69) is 9.98 Å². The van der Waals surface area contributed by atoms with E-state index in [1.165, 1.54) is 12.1 Å². The molecule has 8 nitrogen and oxygen atoms in total. The molecular formula is C15H21N5O3S.